The molecule has 4 nitrogen and oxygen atoms in total. The van der Waals surface area contributed by atoms with E-state index in [4.69, 9.17) is 5.26 Å². The van der Waals surface area contributed by atoms with Gasteiger partial charge in [0.1, 0.15) is 10.9 Å². The summed E-state index contributed by atoms with van der Waals surface area (Å²) in [6.45, 7) is 0. The summed E-state index contributed by atoms with van der Waals surface area (Å²) in [6, 6.07) is 3.82. The molecule has 1 heterocycles. The molecule has 0 aliphatic carbocycles. The number of hydrogen-bond donors (Lipinski definition) is 1. The van der Waals surface area contributed by atoms with Crippen molar-refractivity contribution in [3.05, 3.63) is 34.8 Å². The fraction of sp³-hybridized carbons (Fsp3) is 0.0909. The van der Waals surface area contributed by atoms with E-state index in [0.29, 0.717) is 10.0 Å². The molecule has 1 N–H and O–H groups in total. The monoisotopic (exact) mass is 267 g/mol. The SMILES string of the molecule is COc1cc(F)c(Nc2ncc(C#N)s2)cc1F. The predicted octanol–water partition coefficient (Wildman–Crippen LogP) is 3.05. The van der Waals surface area contributed by atoms with Crippen molar-refractivity contribution in [2.24, 2.45) is 0 Å². The number of methoxy groups -OCH3 is 1. The van der Waals surface area contributed by atoms with Gasteiger partial charge in [0.05, 0.1) is 19.0 Å². The van der Waals surface area contributed by atoms with Crippen molar-refractivity contribution in [1.29, 1.82) is 5.26 Å². The smallest absolute Gasteiger partial charge is 0.188 e. The number of benzene rings is 1. The van der Waals surface area contributed by atoms with E-state index in [1.54, 1.807) is 0 Å². The summed E-state index contributed by atoms with van der Waals surface area (Å²) in [5.41, 5.74) is -0.0628. The van der Waals surface area contributed by atoms with Crippen molar-refractivity contribution >= 4 is 22.2 Å². The molecular formula is C11H7F2N3OS. The third-order valence-electron chi connectivity index (χ3n) is 2.10. The Bertz CT molecular complexity index is 621. The third kappa shape index (κ3) is 2.38. The quantitative estimate of drug-likeness (QED) is 0.928. The number of rotatable bonds is 3. The van der Waals surface area contributed by atoms with Crippen LogP contribution in [0.5, 0.6) is 5.75 Å². The van der Waals surface area contributed by atoms with Gasteiger partial charge in [0.25, 0.3) is 0 Å². The molecule has 2 rings (SSSR count). The summed E-state index contributed by atoms with van der Waals surface area (Å²) in [5.74, 6) is -1.52. The minimum atomic E-state index is -0.682. The summed E-state index contributed by atoms with van der Waals surface area (Å²) < 4.78 is 31.7. The first-order valence-electron chi connectivity index (χ1n) is 4.80. The van der Waals surface area contributed by atoms with Crippen LogP contribution in [0.25, 0.3) is 0 Å². The lowest BCUT2D eigenvalue weighted by molar-refractivity contribution is 0.383. The van der Waals surface area contributed by atoms with Crippen molar-refractivity contribution in [2.45, 2.75) is 0 Å². The Labute approximate surface area is 105 Å². The van der Waals surface area contributed by atoms with Crippen molar-refractivity contribution in [1.82, 2.24) is 4.98 Å². The molecule has 0 saturated heterocycles. The van der Waals surface area contributed by atoms with E-state index in [1.807, 2.05) is 6.07 Å². The maximum atomic E-state index is 13.6. The third-order valence-corrected chi connectivity index (χ3v) is 2.92. The van der Waals surface area contributed by atoms with Crippen molar-refractivity contribution in [2.75, 3.05) is 12.4 Å². The van der Waals surface area contributed by atoms with Crippen LogP contribution in [0, 0.1) is 23.0 Å². The molecule has 0 aliphatic rings. The Balaban J connectivity index is 2.29. The molecule has 92 valence electrons. The average molecular weight is 267 g/mol. The van der Waals surface area contributed by atoms with E-state index in [0.717, 1.165) is 23.5 Å². The van der Waals surface area contributed by atoms with Gasteiger partial charge in [0.2, 0.25) is 0 Å². The maximum absolute atomic E-state index is 13.6. The first kappa shape index (κ1) is 12.3. The maximum Gasteiger partial charge on any atom is 0.188 e. The van der Waals surface area contributed by atoms with Gasteiger partial charge in [-0.3, -0.25) is 0 Å². The van der Waals surface area contributed by atoms with E-state index < -0.39 is 11.6 Å². The van der Waals surface area contributed by atoms with Gasteiger partial charge in [-0.1, -0.05) is 11.3 Å². The lowest BCUT2D eigenvalue weighted by Gasteiger charge is -2.07. The first-order chi connectivity index (χ1) is 8.63. The molecule has 0 amide bonds. The molecule has 0 unspecified atom stereocenters. The molecule has 0 saturated carbocycles. The number of anilines is 2. The van der Waals surface area contributed by atoms with Gasteiger partial charge in [-0.25, -0.2) is 13.8 Å². The molecule has 0 radical (unpaired) electrons. The Morgan fingerprint density at radius 1 is 1.39 bits per heavy atom. The molecule has 0 fully saturated rings. The Hall–Kier alpha value is -2.20. The second-order valence-corrected chi connectivity index (χ2v) is 4.26. The Morgan fingerprint density at radius 3 is 2.78 bits per heavy atom. The standard InChI is InChI=1S/C11H7F2N3OS/c1-17-10-3-7(12)9(2-8(10)13)16-11-15-5-6(4-14)18-11/h2-3,5H,1H3,(H,15,16). The zero-order valence-electron chi connectivity index (χ0n) is 9.20. The summed E-state index contributed by atoms with van der Waals surface area (Å²) in [7, 11) is 1.25. The molecule has 0 spiro atoms. The molecule has 1 aromatic carbocycles. The van der Waals surface area contributed by atoms with Gasteiger partial charge in [-0.15, -0.1) is 0 Å². The number of aromatic nitrogens is 1. The lowest BCUT2D eigenvalue weighted by atomic mass is 10.2. The number of halogens is 2. The number of nitrogens with zero attached hydrogens (tertiary/aromatic N) is 2. The zero-order chi connectivity index (χ0) is 13.1. The first-order valence-corrected chi connectivity index (χ1v) is 5.61. The molecular weight excluding hydrogens is 260 g/mol. The molecule has 0 atom stereocenters. The predicted molar refractivity (Wildman–Crippen MR) is 63.0 cm³/mol. The van der Waals surface area contributed by atoms with Gasteiger partial charge in [-0.05, 0) is 0 Å². The molecule has 0 bridgehead atoms. The number of thiazole rings is 1. The van der Waals surface area contributed by atoms with Crippen LogP contribution in [-0.4, -0.2) is 12.1 Å². The van der Waals surface area contributed by atoms with Crippen molar-refractivity contribution in [3.63, 3.8) is 0 Å². The second-order valence-electron chi connectivity index (χ2n) is 3.23. The molecule has 7 heteroatoms. The van der Waals surface area contributed by atoms with Gasteiger partial charge in [0, 0.05) is 12.1 Å². The second kappa shape index (κ2) is 4.98. The number of ether oxygens (including phenoxy) is 1. The van der Waals surface area contributed by atoms with Gasteiger partial charge >= 0.3 is 0 Å². The highest BCUT2D eigenvalue weighted by atomic mass is 32.1. The van der Waals surface area contributed by atoms with Crippen LogP contribution in [0.4, 0.5) is 19.6 Å². The minimum Gasteiger partial charge on any atom is -0.494 e. The van der Waals surface area contributed by atoms with Gasteiger partial charge in [-0.2, -0.15) is 5.26 Å². The number of nitriles is 1. The van der Waals surface area contributed by atoms with Crippen molar-refractivity contribution in [3.8, 4) is 11.8 Å². The molecule has 1 aromatic heterocycles. The van der Waals surface area contributed by atoms with Crippen LogP contribution >= 0.6 is 11.3 Å². The normalized spacial score (nSPS) is 9.89. The fourth-order valence-electron chi connectivity index (χ4n) is 1.28. The molecule has 18 heavy (non-hydrogen) atoms. The summed E-state index contributed by atoms with van der Waals surface area (Å²) in [6.07, 6.45) is 1.35. The van der Waals surface area contributed by atoms with E-state index in [9.17, 15) is 8.78 Å². The highest BCUT2D eigenvalue weighted by Crippen LogP contribution is 2.28. The average Bonchev–Trinajstić information content (AvgIpc) is 2.81. The highest BCUT2D eigenvalue weighted by Gasteiger charge is 2.11. The highest BCUT2D eigenvalue weighted by molar-refractivity contribution is 7.16. The summed E-state index contributed by atoms with van der Waals surface area (Å²) >= 11 is 1.05. The van der Waals surface area contributed by atoms with Crippen LogP contribution in [0.1, 0.15) is 4.88 Å². The Morgan fingerprint density at radius 2 is 2.17 bits per heavy atom. The van der Waals surface area contributed by atoms with Crippen LogP contribution in [0.2, 0.25) is 0 Å². The van der Waals surface area contributed by atoms with E-state index in [-0.39, 0.29) is 11.4 Å². The van der Waals surface area contributed by atoms with Crippen LogP contribution in [-0.2, 0) is 0 Å². The van der Waals surface area contributed by atoms with Crippen molar-refractivity contribution < 1.29 is 13.5 Å². The van der Waals surface area contributed by atoms with E-state index >= 15 is 0 Å². The topological polar surface area (TPSA) is 57.9 Å². The number of hydrogen-bond acceptors (Lipinski definition) is 5. The summed E-state index contributed by atoms with van der Waals surface area (Å²) in [4.78, 5) is 4.24. The molecule has 0 aliphatic heterocycles. The van der Waals surface area contributed by atoms with Crippen LogP contribution in [0.15, 0.2) is 18.3 Å². The molecule has 2 aromatic rings. The van der Waals surface area contributed by atoms with E-state index in [2.05, 4.69) is 15.0 Å². The van der Waals surface area contributed by atoms with Crippen LogP contribution < -0.4 is 10.1 Å². The van der Waals surface area contributed by atoms with Gasteiger partial charge in [0.15, 0.2) is 22.5 Å². The minimum absolute atomic E-state index is 0.0628. The van der Waals surface area contributed by atoms with Crippen LogP contribution in [0.3, 0.4) is 0 Å². The summed E-state index contributed by atoms with van der Waals surface area (Å²) in [5, 5.41) is 11.5. The Kier molecular flexibility index (Phi) is 3.39. The fourth-order valence-corrected chi connectivity index (χ4v) is 1.91. The lowest BCUT2D eigenvalue weighted by Crippen LogP contribution is -1.96. The van der Waals surface area contributed by atoms with Gasteiger partial charge < -0.3 is 10.1 Å². The number of nitrogens with one attached hydrogen (secondary N) is 1. The zero-order valence-corrected chi connectivity index (χ0v) is 10.0. The van der Waals surface area contributed by atoms with E-state index in [1.165, 1.54) is 13.3 Å². The largest absolute Gasteiger partial charge is 0.494 e.